The van der Waals surface area contributed by atoms with Crippen LogP contribution in [0.2, 0.25) is 5.02 Å². The van der Waals surface area contributed by atoms with Crippen LogP contribution in [0, 0.1) is 0 Å². The number of ether oxygens (including phenoxy) is 1. The Morgan fingerprint density at radius 3 is 2.87 bits per heavy atom. The SMILES string of the molecule is Cn1cc(C(=O)N2CCC(Oc3cccc(Cl)c3)C2)ccc1=O. The van der Waals surface area contributed by atoms with Gasteiger partial charge in [0.25, 0.3) is 5.91 Å². The van der Waals surface area contributed by atoms with E-state index in [1.807, 2.05) is 12.1 Å². The molecule has 120 valence electrons. The molecule has 0 aliphatic carbocycles. The Labute approximate surface area is 139 Å². The van der Waals surface area contributed by atoms with E-state index in [1.165, 1.54) is 10.6 Å². The first-order valence-corrected chi connectivity index (χ1v) is 7.79. The predicted octanol–water partition coefficient (Wildman–Crippen LogP) is 2.33. The largest absolute Gasteiger partial charge is 0.488 e. The second-order valence-corrected chi connectivity index (χ2v) is 6.04. The van der Waals surface area contributed by atoms with Gasteiger partial charge in [0.1, 0.15) is 11.9 Å². The van der Waals surface area contributed by atoms with Crippen molar-refractivity contribution in [3.63, 3.8) is 0 Å². The lowest BCUT2D eigenvalue weighted by molar-refractivity contribution is 0.0771. The van der Waals surface area contributed by atoms with Crippen LogP contribution in [0.4, 0.5) is 0 Å². The number of likely N-dealkylation sites (tertiary alicyclic amines) is 1. The number of carbonyl (C=O) groups is 1. The van der Waals surface area contributed by atoms with Crippen molar-refractivity contribution in [1.29, 1.82) is 0 Å². The molecule has 6 heteroatoms. The van der Waals surface area contributed by atoms with Gasteiger partial charge in [-0.15, -0.1) is 0 Å². The first kappa shape index (κ1) is 15.6. The highest BCUT2D eigenvalue weighted by Gasteiger charge is 2.28. The highest BCUT2D eigenvalue weighted by Crippen LogP contribution is 2.22. The van der Waals surface area contributed by atoms with Gasteiger partial charge in [-0.25, -0.2) is 0 Å². The van der Waals surface area contributed by atoms with E-state index in [2.05, 4.69) is 0 Å². The first-order chi connectivity index (χ1) is 11.0. The van der Waals surface area contributed by atoms with Crippen LogP contribution in [0.25, 0.3) is 0 Å². The molecule has 1 aromatic heterocycles. The van der Waals surface area contributed by atoms with Gasteiger partial charge in [0.15, 0.2) is 0 Å². The van der Waals surface area contributed by atoms with Crippen LogP contribution in [-0.4, -0.2) is 34.6 Å². The zero-order valence-corrected chi connectivity index (χ0v) is 13.5. The van der Waals surface area contributed by atoms with Crippen LogP contribution in [0.1, 0.15) is 16.8 Å². The number of nitrogens with zero attached hydrogens (tertiary/aromatic N) is 2. The van der Waals surface area contributed by atoms with Gasteiger partial charge in [0.2, 0.25) is 5.56 Å². The van der Waals surface area contributed by atoms with E-state index in [9.17, 15) is 9.59 Å². The van der Waals surface area contributed by atoms with Crippen molar-refractivity contribution >= 4 is 17.5 Å². The fraction of sp³-hybridized carbons (Fsp3) is 0.294. The Morgan fingerprint density at radius 1 is 1.30 bits per heavy atom. The lowest BCUT2D eigenvalue weighted by Crippen LogP contribution is -2.31. The summed E-state index contributed by atoms with van der Waals surface area (Å²) in [6.45, 7) is 1.15. The van der Waals surface area contributed by atoms with Crippen molar-refractivity contribution < 1.29 is 9.53 Å². The Kier molecular flexibility index (Phi) is 4.39. The highest BCUT2D eigenvalue weighted by atomic mass is 35.5. The minimum atomic E-state index is -0.134. The molecule has 1 aromatic carbocycles. The molecule has 0 bridgehead atoms. The standard InChI is InChI=1S/C17H17ClN2O3/c1-19-10-12(5-6-16(19)21)17(22)20-8-7-15(11-20)23-14-4-2-3-13(18)9-14/h2-6,9-10,15H,7-8,11H2,1H3. The van der Waals surface area contributed by atoms with Gasteiger partial charge in [-0.2, -0.15) is 0 Å². The Morgan fingerprint density at radius 2 is 2.13 bits per heavy atom. The molecule has 1 aliphatic rings. The normalized spacial score (nSPS) is 17.3. The molecule has 0 saturated carbocycles. The lowest BCUT2D eigenvalue weighted by Gasteiger charge is -2.17. The quantitative estimate of drug-likeness (QED) is 0.867. The average Bonchev–Trinajstić information content (AvgIpc) is 2.98. The van der Waals surface area contributed by atoms with Crippen LogP contribution in [-0.2, 0) is 7.05 Å². The van der Waals surface area contributed by atoms with Gasteiger partial charge < -0.3 is 14.2 Å². The summed E-state index contributed by atoms with van der Waals surface area (Å²) in [7, 11) is 1.63. The van der Waals surface area contributed by atoms with Gasteiger partial charge in [0, 0.05) is 37.3 Å². The zero-order valence-electron chi connectivity index (χ0n) is 12.7. The maximum absolute atomic E-state index is 12.5. The molecule has 1 amide bonds. The van der Waals surface area contributed by atoms with Crippen LogP contribution in [0.3, 0.4) is 0 Å². The number of halogens is 1. The fourth-order valence-electron chi connectivity index (χ4n) is 2.64. The summed E-state index contributed by atoms with van der Waals surface area (Å²) in [6.07, 6.45) is 2.28. The molecule has 0 N–H and O–H groups in total. The molecule has 0 radical (unpaired) electrons. The van der Waals surface area contributed by atoms with E-state index in [0.717, 1.165) is 6.42 Å². The first-order valence-electron chi connectivity index (χ1n) is 7.41. The number of rotatable bonds is 3. The molecule has 5 nitrogen and oxygen atoms in total. The van der Waals surface area contributed by atoms with E-state index in [1.54, 1.807) is 36.3 Å². The zero-order chi connectivity index (χ0) is 16.4. The number of hydrogen-bond donors (Lipinski definition) is 0. The van der Waals surface area contributed by atoms with Gasteiger partial charge >= 0.3 is 0 Å². The third-order valence-electron chi connectivity index (χ3n) is 3.86. The van der Waals surface area contributed by atoms with Crippen molar-refractivity contribution in [2.45, 2.75) is 12.5 Å². The van der Waals surface area contributed by atoms with Gasteiger partial charge in [-0.05, 0) is 24.3 Å². The summed E-state index contributed by atoms with van der Waals surface area (Å²) in [6, 6.07) is 10.2. The van der Waals surface area contributed by atoms with Crippen molar-refractivity contribution in [3.8, 4) is 5.75 Å². The maximum Gasteiger partial charge on any atom is 0.255 e. The number of hydrogen-bond acceptors (Lipinski definition) is 3. The summed E-state index contributed by atoms with van der Waals surface area (Å²) >= 11 is 5.94. The van der Waals surface area contributed by atoms with E-state index >= 15 is 0 Å². The fourth-order valence-corrected chi connectivity index (χ4v) is 2.82. The van der Waals surface area contributed by atoms with E-state index in [0.29, 0.717) is 29.4 Å². The molecule has 1 aliphatic heterocycles. The van der Waals surface area contributed by atoms with Crippen LogP contribution in [0.5, 0.6) is 5.75 Å². The Hall–Kier alpha value is -2.27. The molecule has 1 unspecified atom stereocenters. The van der Waals surface area contributed by atoms with E-state index < -0.39 is 0 Å². The molecule has 1 atom stereocenters. The topological polar surface area (TPSA) is 51.5 Å². The molecule has 1 saturated heterocycles. The number of carbonyl (C=O) groups excluding carboxylic acids is 1. The number of amides is 1. The molecule has 1 fully saturated rings. The molecular weight excluding hydrogens is 316 g/mol. The van der Waals surface area contributed by atoms with Gasteiger partial charge in [-0.1, -0.05) is 17.7 Å². The number of benzene rings is 1. The lowest BCUT2D eigenvalue weighted by atomic mass is 10.2. The molecule has 3 rings (SSSR count). The number of pyridine rings is 1. The molecule has 0 spiro atoms. The third-order valence-corrected chi connectivity index (χ3v) is 4.10. The van der Waals surface area contributed by atoms with Gasteiger partial charge in [-0.3, -0.25) is 9.59 Å². The predicted molar refractivity (Wildman–Crippen MR) is 88.1 cm³/mol. The van der Waals surface area contributed by atoms with Crippen molar-refractivity contribution in [3.05, 3.63) is 63.5 Å². The smallest absolute Gasteiger partial charge is 0.255 e. The van der Waals surface area contributed by atoms with Crippen molar-refractivity contribution in [2.75, 3.05) is 13.1 Å². The summed E-state index contributed by atoms with van der Waals surface area (Å²) in [5.41, 5.74) is 0.376. The molecule has 23 heavy (non-hydrogen) atoms. The van der Waals surface area contributed by atoms with Crippen molar-refractivity contribution in [2.24, 2.45) is 7.05 Å². The van der Waals surface area contributed by atoms with Crippen LogP contribution in [0.15, 0.2) is 47.4 Å². The summed E-state index contributed by atoms with van der Waals surface area (Å²) in [4.78, 5) is 25.6. The second kappa shape index (κ2) is 6.46. The Balaban J connectivity index is 1.66. The van der Waals surface area contributed by atoms with E-state index in [-0.39, 0.29) is 17.6 Å². The van der Waals surface area contributed by atoms with Crippen molar-refractivity contribution in [1.82, 2.24) is 9.47 Å². The van der Waals surface area contributed by atoms with Crippen LogP contribution >= 0.6 is 11.6 Å². The second-order valence-electron chi connectivity index (χ2n) is 5.60. The molecule has 2 aromatic rings. The number of aromatic nitrogens is 1. The average molecular weight is 333 g/mol. The molecule has 2 heterocycles. The third kappa shape index (κ3) is 3.56. The minimum Gasteiger partial charge on any atom is -0.488 e. The van der Waals surface area contributed by atoms with Crippen LogP contribution < -0.4 is 10.3 Å². The summed E-state index contributed by atoms with van der Waals surface area (Å²) < 4.78 is 7.29. The Bertz CT molecular complexity index is 787. The summed E-state index contributed by atoms with van der Waals surface area (Å²) in [5.74, 6) is 0.622. The highest BCUT2D eigenvalue weighted by molar-refractivity contribution is 6.30. The monoisotopic (exact) mass is 332 g/mol. The number of aryl methyl sites for hydroxylation is 1. The molecular formula is C17H17ClN2O3. The van der Waals surface area contributed by atoms with E-state index in [4.69, 9.17) is 16.3 Å². The maximum atomic E-state index is 12.5. The summed E-state index contributed by atoms with van der Waals surface area (Å²) in [5, 5.41) is 0.624. The van der Waals surface area contributed by atoms with Gasteiger partial charge in [0.05, 0.1) is 12.1 Å². The minimum absolute atomic E-state index is 0.0510.